The van der Waals surface area contributed by atoms with Crippen LogP contribution in [0.3, 0.4) is 0 Å². The fraction of sp³-hybridized carbons (Fsp3) is 0.143. The van der Waals surface area contributed by atoms with Gasteiger partial charge in [0.15, 0.2) is 0 Å². The van der Waals surface area contributed by atoms with Crippen molar-refractivity contribution in [3.8, 4) is 16.9 Å². The standard InChI is InChI=1S/C14H12ClNO3/c1-8-7-12(17)9(2)13(14(8)15)10-5-3-4-6-11(10)16(18)19/h3-7,17H,1-2H3. The van der Waals surface area contributed by atoms with Crippen LogP contribution in [0.2, 0.25) is 5.02 Å². The summed E-state index contributed by atoms with van der Waals surface area (Å²) < 4.78 is 0. The lowest BCUT2D eigenvalue weighted by atomic mass is 9.96. The number of hydrogen-bond donors (Lipinski definition) is 1. The first-order valence-electron chi connectivity index (χ1n) is 5.66. The maximum absolute atomic E-state index is 11.1. The van der Waals surface area contributed by atoms with E-state index in [-0.39, 0.29) is 11.4 Å². The van der Waals surface area contributed by atoms with Gasteiger partial charge in [-0.3, -0.25) is 10.1 Å². The highest BCUT2D eigenvalue weighted by Crippen LogP contribution is 2.41. The lowest BCUT2D eigenvalue weighted by molar-refractivity contribution is -0.384. The maximum atomic E-state index is 11.1. The van der Waals surface area contributed by atoms with E-state index < -0.39 is 4.92 Å². The summed E-state index contributed by atoms with van der Waals surface area (Å²) in [6.45, 7) is 3.44. The second kappa shape index (κ2) is 4.90. The Hall–Kier alpha value is -2.07. The number of nitro benzene ring substituents is 1. The summed E-state index contributed by atoms with van der Waals surface area (Å²) in [5.74, 6) is 0.0788. The van der Waals surface area contributed by atoms with Gasteiger partial charge in [0.05, 0.1) is 15.5 Å². The third-order valence-corrected chi connectivity index (χ3v) is 3.54. The van der Waals surface area contributed by atoms with Gasteiger partial charge < -0.3 is 5.11 Å². The highest BCUT2D eigenvalue weighted by molar-refractivity contribution is 6.34. The zero-order valence-corrected chi connectivity index (χ0v) is 11.2. The molecular weight excluding hydrogens is 266 g/mol. The molecule has 0 bridgehead atoms. The van der Waals surface area contributed by atoms with Gasteiger partial charge in [0.1, 0.15) is 5.75 Å². The molecule has 98 valence electrons. The van der Waals surface area contributed by atoms with Crippen LogP contribution >= 0.6 is 11.6 Å². The van der Waals surface area contributed by atoms with E-state index in [2.05, 4.69) is 0 Å². The fourth-order valence-corrected chi connectivity index (χ4v) is 2.33. The zero-order chi connectivity index (χ0) is 14.2. The van der Waals surface area contributed by atoms with Crippen LogP contribution in [-0.2, 0) is 0 Å². The topological polar surface area (TPSA) is 63.4 Å². The quantitative estimate of drug-likeness (QED) is 0.660. The van der Waals surface area contributed by atoms with Gasteiger partial charge >= 0.3 is 0 Å². The molecule has 19 heavy (non-hydrogen) atoms. The van der Waals surface area contributed by atoms with Gasteiger partial charge in [-0.15, -0.1) is 0 Å². The average molecular weight is 278 g/mol. The van der Waals surface area contributed by atoms with Crippen LogP contribution in [0.25, 0.3) is 11.1 Å². The summed E-state index contributed by atoms with van der Waals surface area (Å²) in [5, 5.41) is 21.4. The van der Waals surface area contributed by atoms with Crippen LogP contribution in [-0.4, -0.2) is 10.0 Å². The van der Waals surface area contributed by atoms with Crippen molar-refractivity contribution < 1.29 is 10.0 Å². The Kier molecular flexibility index (Phi) is 3.44. The van der Waals surface area contributed by atoms with Gasteiger partial charge in [0, 0.05) is 17.2 Å². The Morgan fingerprint density at radius 1 is 1.26 bits per heavy atom. The molecule has 0 aromatic heterocycles. The summed E-state index contributed by atoms with van der Waals surface area (Å²) in [7, 11) is 0. The van der Waals surface area contributed by atoms with E-state index in [0.717, 1.165) is 0 Å². The Morgan fingerprint density at radius 2 is 1.89 bits per heavy atom. The average Bonchev–Trinajstić information content (AvgIpc) is 2.37. The maximum Gasteiger partial charge on any atom is 0.277 e. The fourth-order valence-electron chi connectivity index (χ4n) is 2.03. The van der Waals surface area contributed by atoms with Crippen LogP contribution in [0.5, 0.6) is 5.75 Å². The molecule has 0 saturated heterocycles. The molecule has 0 amide bonds. The van der Waals surface area contributed by atoms with E-state index in [1.54, 1.807) is 38.1 Å². The number of benzene rings is 2. The lowest BCUT2D eigenvalue weighted by Crippen LogP contribution is -1.95. The second-order valence-corrected chi connectivity index (χ2v) is 4.68. The molecule has 0 aliphatic rings. The Bertz CT molecular complexity index is 642. The number of halogens is 1. The molecular formula is C14H12ClNO3. The van der Waals surface area contributed by atoms with E-state index >= 15 is 0 Å². The molecule has 0 atom stereocenters. The summed E-state index contributed by atoms with van der Waals surface area (Å²) in [6, 6.07) is 7.91. The first-order valence-corrected chi connectivity index (χ1v) is 6.03. The van der Waals surface area contributed by atoms with Crippen molar-refractivity contribution in [3.63, 3.8) is 0 Å². The Labute approximate surface area is 115 Å². The van der Waals surface area contributed by atoms with Gasteiger partial charge in [-0.25, -0.2) is 0 Å². The van der Waals surface area contributed by atoms with Crippen molar-refractivity contribution in [1.82, 2.24) is 0 Å². The van der Waals surface area contributed by atoms with E-state index in [9.17, 15) is 15.2 Å². The van der Waals surface area contributed by atoms with Gasteiger partial charge in [0.2, 0.25) is 0 Å². The van der Waals surface area contributed by atoms with Gasteiger partial charge in [-0.2, -0.15) is 0 Å². The summed E-state index contributed by atoms with van der Waals surface area (Å²) in [5.41, 5.74) is 2.10. The van der Waals surface area contributed by atoms with E-state index in [0.29, 0.717) is 27.3 Å². The number of aryl methyl sites for hydroxylation is 1. The number of nitro groups is 1. The van der Waals surface area contributed by atoms with E-state index in [1.807, 2.05) is 0 Å². The third-order valence-electron chi connectivity index (χ3n) is 3.05. The zero-order valence-electron chi connectivity index (χ0n) is 10.5. The molecule has 0 aliphatic carbocycles. The number of nitrogens with zero attached hydrogens (tertiary/aromatic N) is 1. The van der Waals surface area contributed by atoms with Crippen molar-refractivity contribution in [2.24, 2.45) is 0 Å². The third kappa shape index (κ3) is 2.27. The van der Waals surface area contributed by atoms with E-state index in [4.69, 9.17) is 11.6 Å². The summed E-state index contributed by atoms with van der Waals surface area (Å²) >= 11 is 6.25. The van der Waals surface area contributed by atoms with Crippen molar-refractivity contribution in [2.45, 2.75) is 13.8 Å². The highest BCUT2D eigenvalue weighted by atomic mass is 35.5. The van der Waals surface area contributed by atoms with Crippen molar-refractivity contribution in [2.75, 3.05) is 0 Å². The molecule has 0 radical (unpaired) electrons. The summed E-state index contributed by atoms with van der Waals surface area (Å²) in [4.78, 5) is 10.6. The predicted molar refractivity (Wildman–Crippen MR) is 74.7 cm³/mol. The largest absolute Gasteiger partial charge is 0.508 e. The predicted octanol–water partition coefficient (Wildman–Crippen LogP) is 4.24. The number of phenols is 1. The summed E-state index contributed by atoms with van der Waals surface area (Å²) in [6.07, 6.45) is 0. The molecule has 0 unspecified atom stereocenters. The number of hydrogen-bond acceptors (Lipinski definition) is 3. The molecule has 0 fully saturated rings. The van der Waals surface area contributed by atoms with Crippen molar-refractivity contribution in [3.05, 3.63) is 56.6 Å². The molecule has 5 heteroatoms. The molecule has 2 rings (SSSR count). The molecule has 0 spiro atoms. The lowest BCUT2D eigenvalue weighted by Gasteiger charge is -2.13. The second-order valence-electron chi connectivity index (χ2n) is 4.30. The molecule has 0 heterocycles. The van der Waals surface area contributed by atoms with Gasteiger partial charge in [0.25, 0.3) is 5.69 Å². The molecule has 2 aromatic carbocycles. The number of para-hydroxylation sites is 1. The number of rotatable bonds is 2. The minimum Gasteiger partial charge on any atom is -0.508 e. The van der Waals surface area contributed by atoms with Crippen LogP contribution in [0.15, 0.2) is 30.3 Å². The van der Waals surface area contributed by atoms with Crippen LogP contribution in [0.4, 0.5) is 5.69 Å². The van der Waals surface area contributed by atoms with Crippen LogP contribution in [0, 0.1) is 24.0 Å². The first-order chi connectivity index (χ1) is 8.93. The Morgan fingerprint density at radius 3 is 2.53 bits per heavy atom. The van der Waals surface area contributed by atoms with Gasteiger partial charge in [-0.05, 0) is 31.5 Å². The SMILES string of the molecule is Cc1cc(O)c(C)c(-c2ccccc2[N+](=O)[O-])c1Cl. The molecule has 2 aromatic rings. The van der Waals surface area contributed by atoms with Crippen LogP contribution in [0.1, 0.15) is 11.1 Å². The molecule has 4 nitrogen and oxygen atoms in total. The molecule has 1 N–H and O–H groups in total. The number of phenolic OH excluding ortho intramolecular Hbond substituents is 1. The minimum atomic E-state index is -0.454. The molecule has 0 saturated carbocycles. The smallest absolute Gasteiger partial charge is 0.277 e. The highest BCUT2D eigenvalue weighted by Gasteiger charge is 2.21. The van der Waals surface area contributed by atoms with Crippen molar-refractivity contribution >= 4 is 17.3 Å². The van der Waals surface area contributed by atoms with E-state index in [1.165, 1.54) is 6.07 Å². The number of aromatic hydroxyl groups is 1. The minimum absolute atomic E-state index is 0.0301. The van der Waals surface area contributed by atoms with Crippen molar-refractivity contribution in [1.29, 1.82) is 0 Å². The van der Waals surface area contributed by atoms with Crippen LogP contribution < -0.4 is 0 Å². The Balaban J connectivity index is 2.83. The first kappa shape index (κ1) is 13.4. The molecule has 0 aliphatic heterocycles. The monoisotopic (exact) mass is 277 g/mol. The normalized spacial score (nSPS) is 10.5. The van der Waals surface area contributed by atoms with Gasteiger partial charge in [-0.1, -0.05) is 23.7 Å².